The van der Waals surface area contributed by atoms with Crippen LogP contribution in [0.15, 0.2) is 16.7 Å². The highest BCUT2D eigenvalue weighted by Gasteiger charge is 2.01. The van der Waals surface area contributed by atoms with Crippen LogP contribution in [0.4, 0.5) is 0 Å². The van der Waals surface area contributed by atoms with Crippen molar-refractivity contribution in [2.24, 2.45) is 0 Å². The summed E-state index contributed by atoms with van der Waals surface area (Å²) in [4.78, 5) is 0. The van der Waals surface area contributed by atoms with E-state index in [9.17, 15) is 0 Å². The molecule has 0 saturated heterocycles. The van der Waals surface area contributed by atoms with Gasteiger partial charge in [0.05, 0.1) is 6.26 Å². The maximum atomic E-state index is 5.33. The molecule has 0 aliphatic carbocycles. The molecule has 0 radical (unpaired) electrons. The molecular formula is C11H19NO2. The van der Waals surface area contributed by atoms with Gasteiger partial charge in [-0.1, -0.05) is 13.8 Å². The monoisotopic (exact) mass is 197 g/mol. The van der Waals surface area contributed by atoms with Crippen molar-refractivity contribution in [2.75, 3.05) is 6.61 Å². The topological polar surface area (TPSA) is 34.4 Å². The van der Waals surface area contributed by atoms with Crippen LogP contribution in [-0.2, 0) is 17.9 Å². The van der Waals surface area contributed by atoms with Crippen LogP contribution in [0.5, 0.6) is 0 Å². The Morgan fingerprint density at radius 2 is 2.29 bits per heavy atom. The molecule has 1 N–H and O–H groups in total. The van der Waals surface area contributed by atoms with E-state index in [0.29, 0.717) is 12.6 Å². The standard InChI is InChI=1S/C11H19NO2/c1-4-13-8-11-5-10(7-14-11)6-12-9(2)3/h5,7,9,12H,4,6,8H2,1-3H3. The quantitative estimate of drug-likeness (QED) is 0.760. The van der Waals surface area contributed by atoms with Gasteiger partial charge in [-0.05, 0) is 13.0 Å². The predicted molar refractivity (Wildman–Crippen MR) is 56.0 cm³/mol. The van der Waals surface area contributed by atoms with Crippen LogP contribution < -0.4 is 5.32 Å². The molecule has 0 saturated carbocycles. The predicted octanol–water partition coefficient (Wildman–Crippen LogP) is 2.31. The molecule has 0 bridgehead atoms. The zero-order valence-corrected chi connectivity index (χ0v) is 9.17. The molecular weight excluding hydrogens is 178 g/mol. The summed E-state index contributed by atoms with van der Waals surface area (Å²) in [6, 6.07) is 2.53. The molecule has 1 rings (SSSR count). The molecule has 3 heteroatoms. The fourth-order valence-electron chi connectivity index (χ4n) is 1.12. The molecule has 0 aliphatic heterocycles. The highest BCUT2D eigenvalue weighted by molar-refractivity contribution is 5.12. The van der Waals surface area contributed by atoms with Gasteiger partial charge in [-0.25, -0.2) is 0 Å². The van der Waals surface area contributed by atoms with Crippen molar-refractivity contribution in [1.29, 1.82) is 0 Å². The largest absolute Gasteiger partial charge is 0.467 e. The summed E-state index contributed by atoms with van der Waals surface area (Å²) in [6.07, 6.45) is 1.78. The summed E-state index contributed by atoms with van der Waals surface area (Å²) >= 11 is 0. The zero-order valence-electron chi connectivity index (χ0n) is 9.17. The maximum absolute atomic E-state index is 5.33. The molecule has 1 heterocycles. The molecule has 0 amide bonds. The first-order valence-electron chi connectivity index (χ1n) is 5.09. The Balaban J connectivity index is 2.35. The van der Waals surface area contributed by atoms with Crippen LogP contribution in [0.25, 0.3) is 0 Å². The molecule has 0 fully saturated rings. The first-order valence-corrected chi connectivity index (χ1v) is 5.09. The van der Waals surface area contributed by atoms with Crippen molar-refractivity contribution >= 4 is 0 Å². The smallest absolute Gasteiger partial charge is 0.129 e. The van der Waals surface area contributed by atoms with Gasteiger partial charge >= 0.3 is 0 Å². The van der Waals surface area contributed by atoms with E-state index in [1.807, 2.05) is 13.0 Å². The molecule has 14 heavy (non-hydrogen) atoms. The average Bonchev–Trinajstić information content (AvgIpc) is 2.59. The summed E-state index contributed by atoms with van der Waals surface area (Å²) in [7, 11) is 0. The summed E-state index contributed by atoms with van der Waals surface area (Å²) in [6.45, 7) is 8.37. The van der Waals surface area contributed by atoms with Gasteiger partial charge in [0.25, 0.3) is 0 Å². The molecule has 0 aromatic carbocycles. The van der Waals surface area contributed by atoms with Crippen LogP contribution in [0.1, 0.15) is 32.1 Å². The minimum absolute atomic E-state index is 0.500. The van der Waals surface area contributed by atoms with Gasteiger partial charge in [-0.3, -0.25) is 0 Å². The third-order valence-corrected chi connectivity index (χ3v) is 1.87. The van der Waals surface area contributed by atoms with E-state index in [4.69, 9.17) is 9.15 Å². The van der Waals surface area contributed by atoms with E-state index in [1.54, 1.807) is 6.26 Å². The van der Waals surface area contributed by atoms with Crippen molar-refractivity contribution in [1.82, 2.24) is 5.32 Å². The number of ether oxygens (including phenoxy) is 1. The number of hydrogen-bond acceptors (Lipinski definition) is 3. The molecule has 0 atom stereocenters. The average molecular weight is 197 g/mol. The van der Waals surface area contributed by atoms with Crippen molar-refractivity contribution < 1.29 is 9.15 Å². The lowest BCUT2D eigenvalue weighted by molar-refractivity contribution is 0.118. The van der Waals surface area contributed by atoms with Gasteiger partial charge < -0.3 is 14.5 Å². The molecule has 80 valence electrons. The van der Waals surface area contributed by atoms with E-state index in [-0.39, 0.29) is 0 Å². The van der Waals surface area contributed by atoms with Crippen molar-refractivity contribution in [2.45, 2.75) is 40.0 Å². The Morgan fingerprint density at radius 1 is 1.50 bits per heavy atom. The summed E-state index contributed by atoms with van der Waals surface area (Å²) in [5, 5.41) is 3.33. The van der Waals surface area contributed by atoms with Crippen molar-refractivity contribution in [3.05, 3.63) is 23.7 Å². The lowest BCUT2D eigenvalue weighted by Crippen LogP contribution is -2.21. The SMILES string of the molecule is CCOCc1cc(CNC(C)C)co1. The number of hydrogen-bond donors (Lipinski definition) is 1. The third kappa shape index (κ3) is 3.94. The zero-order chi connectivity index (χ0) is 10.4. The lowest BCUT2D eigenvalue weighted by Gasteiger charge is -2.04. The van der Waals surface area contributed by atoms with Crippen molar-refractivity contribution in [3.63, 3.8) is 0 Å². The fraction of sp³-hybridized carbons (Fsp3) is 0.636. The minimum Gasteiger partial charge on any atom is -0.467 e. The second kappa shape index (κ2) is 5.83. The van der Waals surface area contributed by atoms with Crippen LogP contribution in [0, 0.1) is 0 Å². The van der Waals surface area contributed by atoms with Crippen LogP contribution in [0.2, 0.25) is 0 Å². The normalized spacial score (nSPS) is 11.1. The fourth-order valence-corrected chi connectivity index (χ4v) is 1.12. The molecule has 0 spiro atoms. The Labute approximate surface area is 85.4 Å². The van der Waals surface area contributed by atoms with E-state index >= 15 is 0 Å². The molecule has 0 aliphatic rings. The third-order valence-electron chi connectivity index (χ3n) is 1.87. The van der Waals surface area contributed by atoms with Crippen LogP contribution in [-0.4, -0.2) is 12.6 Å². The van der Waals surface area contributed by atoms with E-state index in [2.05, 4.69) is 19.2 Å². The lowest BCUT2D eigenvalue weighted by atomic mass is 10.3. The molecule has 0 unspecified atom stereocenters. The van der Waals surface area contributed by atoms with Gasteiger partial charge in [-0.2, -0.15) is 0 Å². The Kier molecular flexibility index (Phi) is 4.70. The van der Waals surface area contributed by atoms with Crippen LogP contribution >= 0.6 is 0 Å². The minimum atomic E-state index is 0.500. The molecule has 3 nitrogen and oxygen atoms in total. The number of furan rings is 1. The summed E-state index contributed by atoms with van der Waals surface area (Å²) in [5.41, 5.74) is 1.17. The summed E-state index contributed by atoms with van der Waals surface area (Å²) in [5.74, 6) is 0.896. The van der Waals surface area contributed by atoms with Gasteiger partial charge in [0.1, 0.15) is 12.4 Å². The van der Waals surface area contributed by atoms with Gasteiger partial charge in [0.2, 0.25) is 0 Å². The second-order valence-corrected chi connectivity index (χ2v) is 3.59. The van der Waals surface area contributed by atoms with Crippen molar-refractivity contribution in [3.8, 4) is 0 Å². The Hall–Kier alpha value is -0.800. The Morgan fingerprint density at radius 3 is 2.93 bits per heavy atom. The van der Waals surface area contributed by atoms with Crippen LogP contribution in [0.3, 0.4) is 0 Å². The molecule has 1 aromatic rings. The maximum Gasteiger partial charge on any atom is 0.129 e. The first-order chi connectivity index (χ1) is 6.72. The van der Waals surface area contributed by atoms with E-state index in [1.165, 1.54) is 5.56 Å². The van der Waals surface area contributed by atoms with E-state index < -0.39 is 0 Å². The van der Waals surface area contributed by atoms with Gasteiger partial charge in [0.15, 0.2) is 0 Å². The first kappa shape index (κ1) is 11.3. The Bertz CT molecular complexity index is 256. The summed E-state index contributed by atoms with van der Waals surface area (Å²) < 4.78 is 10.6. The number of nitrogens with one attached hydrogen (secondary N) is 1. The molecule has 1 aromatic heterocycles. The van der Waals surface area contributed by atoms with Gasteiger partial charge in [-0.15, -0.1) is 0 Å². The second-order valence-electron chi connectivity index (χ2n) is 3.59. The highest BCUT2D eigenvalue weighted by atomic mass is 16.5. The highest BCUT2D eigenvalue weighted by Crippen LogP contribution is 2.08. The van der Waals surface area contributed by atoms with E-state index in [0.717, 1.165) is 18.9 Å². The van der Waals surface area contributed by atoms with Gasteiger partial charge in [0, 0.05) is 24.8 Å². The number of rotatable bonds is 6.